The van der Waals surface area contributed by atoms with E-state index in [4.69, 9.17) is 43.6 Å². The second kappa shape index (κ2) is 20.7. The van der Waals surface area contributed by atoms with Crippen LogP contribution in [0.3, 0.4) is 0 Å². The van der Waals surface area contributed by atoms with E-state index in [1.807, 2.05) is 0 Å². The van der Waals surface area contributed by atoms with Crippen LogP contribution in [-0.4, -0.2) is 104 Å². The van der Waals surface area contributed by atoms with Gasteiger partial charge in [0.15, 0.2) is 0 Å². The number of hydrogen-bond donors (Lipinski definition) is 4. The predicted octanol–water partition coefficient (Wildman–Crippen LogP) is -0.949. The number of aliphatic hydroxyl groups is 4. The third-order valence-corrected chi connectivity index (χ3v) is 2.58. The van der Waals surface area contributed by atoms with Crippen molar-refractivity contribution >= 4 is 30.6 Å². The van der Waals surface area contributed by atoms with Crippen LogP contribution >= 0.6 is 21.4 Å². The molecule has 9 nitrogen and oxygen atoms in total. The van der Waals surface area contributed by atoms with Crippen LogP contribution < -0.4 is 0 Å². The maximum absolute atomic E-state index is 9.09. The highest BCUT2D eigenvalue weighted by atomic mass is 36.0. The molecule has 0 spiro atoms. The molecule has 0 amide bonds. The molecular formula is C13H28Cl2O9S. The summed E-state index contributed by atoms with van der Waals surface area (Å²) in [6.45, 7) is 1.28. The largest absolute Gasteiger partial charge is 0.394 e. The van der Waals surface area contributed by atoms with E-state index in [0.29, 0.717) is 0 Å². The second-order valence-electron chi connectivity index (χ2n) is 4.79. The summed E-state index contributed by atoms with van der Waals surface area (Å²) in [4.78, 5) is 0. The van der Waals surface area contributed by atoms with Gasteiger partial charge in [-0.15, -0.1) is 0 Å². The highest BCUT2D eigenvalue weighted by Gasteiger charge is 2.32. The van der Waals surface area contributed by atoms with Crippen molar-refractivity contribution in [1.29, 1.82) is 0 Å². The molecule has 0 saturated heterocycles. The summed E-state index contributed by atoms with van der Waals surface area (Å²) < 4.78 is 30.5. The van der Waals surface area contributed by atoms with E-state index in [1.165, 1.54) is 0 Å². The van der Waals surface area contributed by atoms with Gasteiger partial charge < -0.3 is 39.4 Å². The lowest BCUT2D eigenvalue weighted by atomic mass is 9.92. The Morgan fingerprint density at radius 3 is 1.00 bits per heavy atom. The lowest BCUT2D eigenvalue weighted by molar-refractivity contribution is -0.115. The molecule has 0 radical (unpaired) electrons. The Balaban J connectivity index is 0. The number of aliphatic hydroxyl groups excluding tert-OH is 4. The molecular weight excluding hydrogens is 403 g/mol. The average Bonchev–Trinajstić information content (AvgIpc) is 2.55. The van der Waals surface area contributed by atoms with E-state index in [2.05, 4.69) is 21.4 Å². The molecule has 25 heavy (non-hydrogen) atoms. The molecule has 0 heterocycles. The van der Waals surface area contributed by atoms with Gasteiger partial charge in [-0.1, -0.05) is 0 Å². The summed E-state index contributed by atoms with van der Waals surface area (Å²) in [5, 5.41) is 35.2. The third kappa shape index (κ3) is 20.6. The van der Waals surface area contributed by atoms with Crippen LogP contribution in [0.1, 0.15) is 0 Å². The first-order chi connectivity index (χ1) is 12.0. The van der Waals surface area contributed by atoms with E-state index in [-0.39, 0.29) is 79.3 Å². The van der Waals surface area contributed by atoms with Crippen LogP contribution in [0.2, 0.25) is 0 Å². The van der Waals surface area contributed by atoms with Crippen molar-refractivity contribution in [3.63, 3.8) is 0 Å². The molecule has 12 heteroatoms. The van der Waals surface area contributed by atoms with Crippen molar-refractivity contribution in [1.82, 2.24) is 0 Å². The van der Waals surface area contributed by atoms with Gasteiger partial charge in [0.25, 0.3) is 0 Å². The SMILES string of the molecule is O=S(Cl)Cl.OCCOCC(COCCO)(COCCO)COCCO. The third-order valence-electron chi connectivity index (χ3n) is 2.58. The molecule has 154 valence electrons. The first-order valence-electron chi connectivity index (χ1n) is 7.46. The van der Waals surface area contributed by atoms with Gasteiger partial charge in [0.1, 0.15) is 0 Å². The van der Waals surface area contributed by atoms with Gasteiger partial charge >= 0.3 is 0 Å². The van der Waals surface area contributed by atoms with E-state index in [1.54, 1.807) is 0 Å². The van der Waals surface area contributed by atoms with E-state index < -0.39 is 14.6 Å². The number of halogens is 2. The fourth-order valence-corrected chi connectivity index (χ4v) is 1.66. The van der Waals surface area contributed by atoms with Gasteiger partial charge in [-0.25, -0.2) is 4.21 Å². The minimum Gasteiger partial charge on any atom is -0.394 e. The van der Waals surface area contributed by atoms with E-state index in [9.17, 15) is 0 Å². The zero-order valence-corrected chi connectivity index (χ0v) is 16.3. The first kappa shape index (κ1) is 27.6. The molecule has 0 aromatic heterocycles. The molecule has 0 saturated carbocycles. The fraction of sp³-hybridized carbons (Fsp3) is 1.00. The van der Waals surface area contributed by atoms with Gasteiger partial charge in [0.2, 0.25) is 9.23 Å². The van der Waals surface area contributed by atoms with Crippen molar-refractivity contribution < 1.29 is 43.6 Å². The van der Waals surface area contributed by atoms with Crippen LogP contribution in [0.25, 0.3) is 0 Å². The Hall–Kier alpha value is 0.410. The molecule has 0 aliphatic carbocycles. The van der Waals surface area contributed by atoms with Crippen molar-refractivity contribution in [2.45, 2.75) is 0 Å². The van der Waals surface area contributed by atoms with Crippen molar-refractivity contribution in [2.75, 3.05) is 79.3 Å². The van der Waals surface area contributed by atoms with Crippen LogP contribution in [-0.2, 0) is 28.2 Å². The van der Waals surface area contributed by atoms with Gasteiger partial charge in [0.05, 0.1) is 84.7 Å². The monoisotopic (exact) mass is 430 g/mol. The summed E-state index contributed by atoms with van der Waals surface area (Å²) >= 11 is 0. The summed E-state index contributed by atoms with van der Waals surface area (Å²) in [6.07, 6.45) is 0. The molecule has 0 bridgehead atoms. The Kier molecular flexibility index (Phi) is 22.9. The highest BCUT2D eigenvalue weighted by Crippen LogP contribution is 2.20. The van der Waals surface area contributed by atoms with Crippen LogP contribution in [0.5, 0.6) is 0 Å². The molecule has 0 aromatic rings. The van der Waals surface area contributed by atoms with E-state index >= 15 is 0 Å². The Morgan fingerprint density at radius 2 is 0.840 bits per heavy atom. The maximum Gasteiger partial charge on any atom is 0.211 e. The summed E-state index contributed by atoms with van der Waals surface area (Å²) in [5.74, 6) is 0. The molecule has 0 aliphatic heterocycles. The Bertz CT molecular complexity index is 251. The summed E-state index contributed by atoms with van der Waals surface area (Å²) in [6, 6.07) is 0. The lowest BCUT2D eigenvalue weighted by Gasteiger charge is -2.32. The van der Waals surface area contributed by atoms with Crippen LogP contribution in [0.15, 0.2) is 0 Å². The molecule has 0 atom stereocenters. The molecule has 0 aromatic carbocycles. The molecule has 4 N–H and O–H groups in total. The quantitative estimate of drug-likeness (QED) is 0.180. The molecule has 0 fully saturated rings. The molecule has 0 unspecified atom stereocenters. The van der Waals surface area contributed by atoms with Gasteiger partial charge in [-0.05, 0) is 0 Å². The van der Waals surface area contributed by atoms with Crippen LogP contribution in [0, 0.1) is 5.41 Å². The topological polar surface area (TPSA) is 135 Å². The van der Waals surface area contributed by atoms with Gasteiger partial charge in [0, 0.05) is 21.4 Å². The van der Waals surface area contributed by atoms with Gasteiger partial charge in [-0.2, -0.15) is 0 Å². The molecule has 0 aliphatic rings. The van der Waals surface area contributed by atoms with Crippen molar-refractivity contribution in [3.8, 4) is 0 Å². The number of hydrogen-bond acceptors (Lipinski definition) is 9. The minimum atomic E-state index is -1.67. The lowest BCUT2D eigenvalue weighted by Crippen LogP contribution is -2.42. The van der Waals surface area contributed by atoms with E-state index in [0.717, 1.165) is 0 Å². The average molecular weight is 431 g/mol. The first-order valence-corrected chi connectivity index (χ1v) is 10.3. The molecule has 0 rings (SSSR count). The highest BCUT2D eigenvalue weighted by molar-refractivity contribution is 8.26. The summed E-state index contributed by atoms with van der Waals surface area (Å²) in [7, 11) is 7.36. The second-order valence-corrected chi connectivity index (χ2v) is 7.31. The van der Waals surface area contributed by atoms with Crippen molar-refractivity contribution in [2.24, 2.45) is 5.41 Å². The van der Waals surface area contributed by atoms with Crippen LogP contribution in [0.4, 0.5) is 0 Å². The van der Waals surface area contributed by atoms with Crippen molar-refractivity contribution in [3.05, 3.63) is 0 Å². The standard InChI is InChI=1S/C13H28O8.Cl2OS/c14-1-5-18-9-13(10-19-6-2-15,11-20-7-3-16)12-21-8-4-17;1-4(2)3/h14-17H,1-12H2;. The number of rotatable bonds is 16. The number of ether oxygens (including phenoxy) is 4. The maximum atomic E-state index is 9.09. The predicted molar refractivity (Wildman–Crippen MR) is 93.9 cm³/mol. The zero-order valence-electron chi connectivity index (χ0n) is 14.0. The Morgan fingerprint density at radius 1 is 0.640 bits per heavy atom. The zero-order chi connectivity index (χ0) is 19.4. The normalized spacial score (nSPS) is 11.5. The van der Waals surface area contributed by atoms with Gasteiger partial charge in [-0.3, -0.25) is 0 Å². The summed E-state index contributed by atoms with van der Waals surface area (Å²) in [5.41, 5.74) is -0.630. The minimum absolute atomic E-state index is 0.0947. The Labute approximate surface area is 159 Å². The smallest absolute Gasteiger partial charge is 0.211 e. The fourth-order valence-electron chi connectivity index (χ4n) is 1.66.